The number of ether oxygens (including phenoxy) is 1. The second-order valence-corrected chi connectivity index (χ2v) is 5.71. The zero-order valence-electron chi connectivity index (χ0n) is 12.9. The molecule has 1 aliphatic rings. The Balaban J connectivity index is 2.05. The Morgan fingerprint density at radius 1 is 1.48 bits per heavy atom. The van der Waals surface area contributed by atoms with Crippen molar-refractivity contribution in [2.75, 3.05) is 17.7 Å². The second-order valence-electron chi connectivity index (χ2n) is 5.71. The van der Waals surface area contributed by atoms with Crippen LogP contribution in [0.5, 0.6) is 0 Å². The molecule has 1 saturated carbocycles. The number of carbonyl (C=O) groups excluding carboxylic acids is 1. The molecule has 0 saturated heterocycles. The van der Waals surface area contributed by atoms with Gasteiger partial charge < -0.3 is 15.8 Å². The van der Waals surface area contributed by atoms with E-state index in [2.05, 4.69) is 17.2 Å². The number of nitrogens with zero attached hydrogens (tertiary/aromatic N) is 1. The van der Waals surface area contributed by atoms with Gasteiger partial charge in [0.25, 0.3) is 0 Å². The van der Waals surface area contributed by atoms with Crippen LogP contribution in [0.25, 0.3) is 0 Å². The molecule has 1 atom stereocenters. The highest BCUT2D eigenvalue weighted by Crippen LogP contribution is 2.28. The summed E-state index contributed by atoms with van der Waals surface area (Å²) in [6.45, 7) is 4.29. The van der Waals surface area contributed by atoms with Crippen molar-refractivity contribution in [1.29, 1.82) is 0 Å². The molecule has 5 nitrogen and oxygen atoms in total. The van der Waals surface area contributed by atoms with E-state index in [1.807, 2.05) is 0 Å². The van der Waals surface area contributed by atoms with E-state index in [0.717, 1.165) is 0 Å². The first-order valence-corrected chi connectivity index (χ1v) is 7.81. The van der Waals surface area contributed by atoms with Crippen molar-refractivity contribution in [2.45, 2.75) is 52.0 Å². The summed E-state index contributed by atoms with van der Waals surface area (Å²) in [5, 5.41) is 3.40. The number of hydrogen-bond acceptors (Lipinski definition) is 5. The Morgan fingerprint density at radius 3 is 2.86 bits per heavy atom. The molecule has 0 aliphatic heterocycles. The molecule has 0 spiro atoms. The highest BCUT2D eigenvalue weighted by molar-refractivity contribution is 5.95. The van der Waals surface area contributed by atoms with Crippen molar-refractivity contribution >= 4 is 17.5 Å². The summed E-state index contributed by atoms with van der Waals surface area (Å²) in [7, 11) is 0. The molecule has 1 aromatic heterocycles. The number of pyridine rings is 1. The number of esters is 1. The van der Waals surface area contributed by atoms with E-state index in [1.54, 1.807) is 13.0 Å². The van der Waals surface area contributed by atoms with Gasteiger partial charge in [0.1, 0.15) is 5.82 Å². The third kappa shape index (κ3) is 4.09. The van der Waals surface area contributed by atoms with Crippen LogP contribution in [0.4, 0.5) is 11.5 Å². The predicted octanol–water partition coefficient (Wildman–Crippen LogP) is 3.22. The van der Waals surface area contributed by atoms with E-state index in [0.29, 0.717) is 35.6 Å². The summed E-state index contributed by atoms with van der Waals surface area (Å²) in [6, 6.07) is 2.03. The van der Waals surface area contributed by atoms with Crippen LogP contribution >= 0.6 is 0 Å². The minimum Gasteiger partial charge on any atom is -0.462 e. The van der Waals surface area contributed by atoms with E-state index in [4.69, 9.17) is 10.5 Å². The molecule has 0 radical (unpaired) electrons. The fraction of sp³-hybridized carbons (Fsp3) is 0.625. The minimum absolute atomic E-state index is 0.335. The molecule has 1 unspecified atom stereocenters. The number of hydrogen-bond donors (Lipinski definition) is 2. The lowest BCUT2D eigenvalue weighted by molar-refractivity contribution is 0.0527. The average Bonchev–Trinajstić information content (AvgIpc) is 2.50. The third-order valence-corrected chi connectivity index (χ3v) is 4.16. The smallest absolute Gasteiger partial charge is 0.340 e. The Bertz CT molecular complexity index is 484. The summed E-state index contributed by atoms with van der Waals surface area (Å²) in [5.74, 6) is 0.959. The first-order valence-electron chi connectivity index (χ1n) is 7.81. The lowest BCUT2D eigenvalue weighted by Gasteiger charge is -2.28. The molecule has 0 amide bonds. The minimum atomic E-state index is -0.397. The van der Waals surface area contributed by atoms with Crippen molar-refractivity contribution < 1.29 is 9.53 Å². The van der Waals surface area contributed by atoms with Crippen molar-refractivity contribution in [3.05, 3.63) is 17.8 Å². The Hall–Kier alpha value is -1.78. The van der Waals surface area contributed by atoms with Gasteiger partial charge in [-0.2, -0.15) is 0 Å². The van der Waals surface area contributed by atoms with Gasteiger partial charge in [0.15, 0.2) is 0 Å². The first kappa shape index (κ1) is 15.6. The van der Waals surface area contributed by atoms with E-state index in [9.17, 15) is 4.79 Å². The van der Waals surface area contributed by atoms with E-state index in [-0.39, 0.29) is 0 Å². The van der Waals surface area contributed by atoms with Gasteiger partial charge in [-0.1, -0.05) is 19.3 Å². The fourth-order valence-corrected chi connectivity index (χ4v) is 2.92. The standard InChI is InChI=1S/C16H25N3O2/c1-3-21-16(20)13-9-15(18-10-14(13)17)19-11(2)12-7-5-4-6-8-12/h9-12H,3-8,17H2,1-2H3,(H,18,19). The number of nitrogens with two attached hydrogens (primary N) is 1. The molecule has 2 rings (SSSR count). The van der Waals surface area contributed by atoms with Crippen LogP contribution in [0.1, 0.15) is 56.3 Å². The maximum atomic E-state index is 11.8. The summed E-state index contributed by atoms with van der Waals surface area (Å²) in [6.07, 6.45) is 7.99. The van der Waals surface area contributed by atoms with Crippen molar-refractivity contribution in [3.63, 3.8) is 0 Å². The van der Waals surface area contributed by atoms with E-state index < -0.39 is 5.97 Å². The van der Waals surface area contributed by atoms with Gasteiger partial charge in [-0.25, -0.2) is 9.78 Å². The van der Waals surface area contributed by atoms with Crippen LogP contribution in [-0.2, 0) is 4.74 Å². The molecule has 0 aromatic carbocycles. The summed E-state index contributed by atoms with van der Waals surface area (Å²) in [4.78, 5) is 16.1. The number of aromatic nitrogens is 1. The zero-order chi connectivity index (χ0) is 15.2. The summed E-state index contributed by atoms with van der Waals surface area (Å²) in [5.41, 5.74) is 6.53. The molecule has 1 fully saturated rings. The highest BCUT2D eigenvalue weighted by atomic mass is 16.5. The lowest BCUT2D eigenvalue weighted by atomic mass is 9.84. The Morgan fingerprint density at radius 2 is 2.19 bits per heavy atom. The van der Waals surface area contributed by atoms with Crippen LogP contribution < -0.4 is 11.1 Å². The summed E-state index contributed by atoms with van der Waals surface area (Å²) >= 11 is 0. The topological polar surface area (TPSA) is 77.2 Å². The van der Waals surface area contributed by atoms with Crippen molar-refractivity contribution in [1.82, 2.24) is 4.98 Å². The highest BCUT2D eigenvalue weighted by Gasteiger charge is 2.21. The van der Waals surface area contributed by atoms with Crippen LogP contribution in [0.3, 0.4) is 0 Å². The van der Waals surface area contributed by atoms with Gasteiger partial charge >= 0.3 is 5.97 Å². The van der Waals surface area contributed by atoms with Gasteiger partial charge in [0, 0.05) is 6.04 Å². The molecule has 21 heavy (non-hydrogen) atoms. The number of anilines is 2. The maximum Gasteiger partial charge on any atom is 0.340 e. The normalized spacial score (nSPS) is 17.2. The lowest BCUT2D eigenvalue weighted by Crippen LogP contribution is -2.28. The van der Waals surface area contributed by atoms with Crippen molar-refractivity contribution in [3.8, 4) is 0 Å². The van der Waals surface area contributed by atoms with Gasteiger partial charge in [0.2, 0.25) is 0 Å². The average molecular weight is 291 g/mol. The number of rotatable bonds is 5. The van der Waals surface area contributed by atoms with E-state index in [1.165, 1.54) is 38.3 Å². The van der Waals surface area contributed by atoms with E-state index >= 15 is 0 Å². The Labute approximate surface area is 126 Å². The molecule has 0 bridgehead atoms. The van der Waals surface area contributed by atoms with Gasteiger partial charge in [-0.15, -0.1) is 0 Å². The molecule has 116 valence electrons. The third-order valence-electron chi connectivity index (χ3n) is 4.16. The predicted molar refractivity (Wildman–Crippen MR) is 84.3 cm³/mol. The molecule has 1 aliphatic carbocycles. The number of carbonyl (C=O) groups is 1. The quantitative estimate of drug-likeness (QED) is 0.814. The van der Waals surface area contributed by atoms with Gasteiger partial charge in [0.05, 0.1) is 24.1 Å². The van der Waals surface area contributed by atoms with Crippen LogP contribution in [0.15, 0.2) is 12.3 Å². The Kier molecular flexibility index (Phi) is 5.42. The summed E-state index contributed by atoms with van der Waals surface area (Å²) < 4.78 is 5.01. The second kappa shape index (κ2) is 7.29. The van der Waals surface area contributed by atoms with Crippen LogP contribution in [0, 0.1) is 5.92 Å². The van der Waals surface area contributed by atoms with Crippen LogP contribution in [-0.4, -0.2) is 23.6 Å². The monoisotopic (exact) mass is 291 g/mol. The molecule has 1 aromatic rings. The molecular weight excluding hydrogens is 266 g/mol. The van der Waals surface area contributed by atoms with Crippen LogP contribution in [0.2, 0.25) is 0 Å². The van der Waals surface area contributed by atoms with Gasteiger partial charge in [-0.3, -0.25) is 0 Å². The van der Waals surface area contributed by atoms with Crippen molar-refractivity contribution in [2.24, 2.45) is 5.92 Å². The fourth-order valence-electron chi connectivity index (χ4n) is 2.92. The largest absolute Gasteiger partial charge is 0.462 e. The molecule has 1 heterocycles. The number of nitrogens with one attached hydrogen (secondary N) is 1. The SMILES string of the molecule is CCOC(=O)c1cc(NC(C)C2CCCCC2)ncc1N. The maximum absolute atomic E-state index is 11.8. The molecule has 3 N–H and O–H groups in total. The molecular formula is C16H25N3O2. The zero-order valence-corrected chi connectivity index (χ0v) is 12.9. The van der Waals surface area contributed by atoms with Gasteiger partial charge in [-0.05, 0) is 38.7 Å². The number of nitrogen functional groups attached to an aromatic ring is 1. The first-order chi connectivity index (χ1) is 10.1. The molecule has 5 heteroatoms.